The lowest BCUT2D eigenvalue weighted by Gasteiger charge is -2.18. The molecule has 27 heavy (non-hydrogen) atoms. The molecule has 5 nitrogen and oxygen atoms in total. The topological polar surface area (TPSA) is 59.0 Å². The number of aliphatic hydroxyl groups is 1. The van der Waals surface area contributed by atoms with E-state index in [9.17, 15) is 4.79 Å². The zero-order chi connectivity index (χ0) is 18.8. The second-order valence-corrected chi connectivity index (χ2v) is 7.47. The molecule has 1 amide bonds. The number of hydrogen-bond donors (Lipinski definition) is 1. The van der Waals surface area contributed by atoms with Crippen LogP contribution in [0.25, 0.3) is 0 Å². The first-order valence-corrected chi connectivity index (χ1v) is 9.76. The van der Waals surface area contributed by atoms with Gasteiger partial charge in [0, 0.05) is 11.9 Å². The average Bonchev–Trinajstić information content (AvgIpc) is 3.46. The number of benzene rings is 2. The number of anilines is 1. The number of rotatable bonds is 7. The first kappa shape index (κ1) is 18.1. The summed E-state index contributed by atoms with van der Waals surface area (Å²) in [5, 5.41) is 8.86. The fourth-order valence-electron chi connectivity index (χ4n) is 3.05. The molecule has 6 heteroatoms. The van der Waals surface area contributed by atoms with Crippen molar-refractivity contribution in [2.45, 2.75) is 24.9 Å². The first-order chi connectivity index (χ1) is 13.2. The van der Waals surface area contributed by atoms with Crippen LogP contribution < -0.4 is 14.4 Å². The quantitative estimate of drug-likeness (QED) is 0.722. The van der Waals surface area contributed by atoms with Crippen LogP contribution in [-0.4, -0.2) is 30.3 Å². The van der Waals surface area contributed by atoms with Crippen molar-refractivity contribution in [1.82, 2.24) is 0 Å². The van der Waals surface area contributed by atoms with Crippen LogP contribution >= 0.6 is 15.9 Å². The van der Waals surface area contributed by atoms with Gasteiger partial charge >= 0.3 is 0 Å². The summed E-state index contributed by atoms with van der Waals surface area (Å²) >= 11 is 3.44. The summed E-state index contributed by atoms with van der Waals surface area (Å²) in [5.41, 5.74) is 2.06. The molecule has 0 saturated heterocycles. The molecule has 0 bridgehead atoms. The summed E-state index contributed by atoms with van der Waals surface area (Å²) in [6.45, 7) is 0.165. The number of amides is 1. The Morgan fingerprint density at radius 1 is 1.15 bits per heavy atom. The Morgan fingerprint density at radius 2 is 1.93 bits per heavy atom. The Bertz CT molecular complexity index is 861. The molecule has 1 heterocycles. The molecule has 1 aliphatic carbocycles. The van der Waals surface area contributed by atoms with Crippen LogP contribution in [0.2, 0.25) is 0 Å². The van der Waals surface area contributed by atoms with E-state index in [-0.39, 0.29) is 19.1 Å². The molecule has 1 atom stereocenters. The maximum absolute atomic E-state index is 12.7. The highest BCUT2D eigenvalue weighted by Gasteiger charge is 2.30. The number of carbonyl (C=O) groups is 1. The zero-order valence-corrected chi connectivity index (χ0v) is 16.3. The highest BCUT2D eigenvalue weighted by molar-refractivity contribution is 9.10. The van der Waals surface area contributed by atoms with E-state index in [1.807, 2.05) is 18.2 Å². The predicted molar refractivity (Wildman–Crippen MR) is 106 cm³/mol. The Morgan fingerprint density at radius 3 is 2.59 bits per heavy atom. The molecule has 2 aromatic carbocycles. The zero-order valence-electron chi connectivity index (χ0n) is 14.7. The highest BCUT2D eigenvalue weighted by atomic mass is 79.9. The first-order valence-electron chi connectivity index (χ1n) is 8.97. The Hall–Kier alpha value is -2.31. The summed E-state index contributed by atoms with van der Waals surface area (Å²) in [4.78, 5) is 14.3. The number of carbonyl (C=O) groups excluding carboxylic acids is 1. The van der Waals surface area contributed by atoms with Crippen LogP contribution in [0, 0.1) is 0 Å². The van der Waals surface area contributed by atoms with Gasteiger partial charge in [-0.25, -0.2) is 0 Å². The smallest absolute Gasteiger partial charge is 0.276 e. The van der Waals surface area contributed by atoms with Crippen molar-refractivity contribution in [3.8, 4) is 11.5 Å². The Kier molecular flexibility index (Phi) is 5.18. The van der Waals surface area contributed by atoms with Crippen LogP contribution in [0.15, 0.2) is 59.2 Å². The van der Waals surface area contributed by atoms with E-state index in [4.69, 9.17) is 14.6 Å². The summed E-state index contributed by atoms with van der Waals surface area (Å²) in [5.74, 6) is 1.87. The van der Waals surface area contributed by atoms with Gasteiger partial charge in [0.15, 0.2) is 6.10 Å². The molecule has 0 aromatic heterocycles. The van der Waals surface area contributed by atoms with Crippen molar-refractivity contribution in [1.29, 1.82) is 0 Å². The molecule has 1 N–H and O–H groups in total. The van der Waals surface area contributed by atoms with Gasteiger partial charge in [0.2, 0.25) is 0 Å². The summed E-state index contributed by atoms with van der Waals surface area (Å²) in [6.07, 6.45) is 5.36. The molecule has 2 aromatic rings. The Labute approximate surface area is 166 Å². The molecule has 2 aliphatic rings. The molecule has 0 radical (unpaired) electrons. The maximum Gasteiger partial charge on any atom is 0.276 e. The van der Waals surface area contributed by atoms with Gasteiger partial charge in [-0.1, -0.05) is 12.1 Å². The van der Waals surface area contributed by atoms with Crippen molar-refractivity contribution in [2.24, 2.45) is 0 Å². The van der Waals surface area contributed by atoms with Crippen LogP contribution in [0.4, 0.5) is 5.69 Å². The van der Waals surface area contributed by atoms with E-state index in [0.29, 0.717) is 17.4 Å². The van der Waals surface area contributed by atoms with Crippen molar-refractivity contribution >= 4 is 27.5 Å². The van der Waals surface area contributed by atoms with Gasteiger partial charge in [-0.15, -0.1) is 0 Å². The number of hydrogen-bond acceptors (Lipinski definition) is 4. The largest absolute Gasteiger partial charge is 0.490 e. The summed E-state index contributed by atoms with van der Waals surface area (Å²) in [6, 6.07) is 13.4. The van der Waals surface area contributed by atoms with E-state index < -0.39 is 6.10 Å². The van der Waals surface area contributed by atoms with Gasteiger partial charge in [-0.3, -0.25) is 9.69 Å². The lowest BCUT2D eigenvalue weighted by Crippen LogP contribution is -2.32. The number of aliphatic hydroxyl groups excluding tert-OH is 1. The molecule has 1 unspecified atom stereocenters. The highest BCUT2D eigenvalue weighted by Crippen LogP contribution is 2.40. The minimum absolute atomic E-state index is 0.0534. The monoisotopic (exact) mass is 429 g/mol. The lowest BCUT2D eigenvalue weighted by atomic mass is 10.1. The van der Waals surface area contributed by atoms with Crippen molar-refractivity contribution < 1.29 is 19.4 Å². The summed E-state index contributed by atoms with van der Waals surface area (Å²) in [7, 11) is 0. The third-order valence-electron chi connectivity index (χ3n) is 4.63. The van der Waals surface area contributed by atoms with E-state index >= 15 is 0 Å². The van der Waals surface area contributed by atoms with Gasteiger partial charge in [0.1, 0.15) is 18.1 Å². The fourth-order valence-corrected chi connectivity index (χ4v) is 3.54. The van der Waals surface area contributed by atoms with E-state index in [1.165, 1.54) is 18.4 Å². The second-order valence-electron chi connectivity index (χ2n) is 6.62. The van der Waals surface area contributed by atoms with Crippen LogP contribution in [0.3, 0.4) is 0 Å². The van der Waals surface area contributed by atoms with Crippen LogP contribution in [-0.2, 0) is 4.79 Å². The molecule has 1 saturated carbocycles. The van der Waals surface area contributed by atoms with Gasteiger partial charge in [0.05, 0.1) is 11.1 Å². The van der Waals surface area contributed by atoms with Gasteiger partial charge in [-0.05, 0) is 76.7 Å². The van der Waals surface area contributed by atoms with Crippen molar-refractivity contribution in [3.05, 3.63) is 64.8 Å². The van der Waals surface area contributed by atoms with E-state index in [0.717, 1.165) is 10.2 Å². The molecular formula is C21H20BrNO4. The standard InChI is InChI=1S/C21H20BrNO4/c22-18-13-16(5-8-19(18)26-12-11-24)23-10-9-20(21(23)25)27-17-6-3-15(4-7-17)14-1-2-14/h3-10,13-14,20,24H,1-2,11-12H2. The number of halogens is 1. The molecule has 0 spiro atoms. The summed E-state index contributed by atoms with van der Waals surface area (Å²) < 4.78 is 12.0. The molecule has 140 valence electrons. The molecule has 1 aliphatic heterocycles. The lowest BCUT2D eigenvalue weighted by molar-refractivity contribution is -0.122. The number of nitrogens with zero attached hydrogens (tertiary/aromatic N) is 1. The third kappa shape index (κ3) is 4.01. The number of ether oxygens (including phenoxy) is 2. The average molecular weight is 430 g/mol. The minimum atomic E-state index is -0.638. The Balaban J connectivity index is 1.42. The third-order valence-corrected chi connectivity index (χ3v) is 5.24. The van der Waals surface area contributed by atoms with Crippen LogP contribution in [0.5, 0.6) is 11.5 Å². The predicted octanol–water partition coefficient (Wildman–Crippen LogP) is 4.01. The van der Waals surface area contributed by atoms with E-state index in [1.54, 1.807) is 29.3 Å². The van der Waals surface area contributed by atoms with E-state index in [2.05, 4.69) is 28.1 Å². The minimum Gasteiger partial charge on any atom is -0.490 e. The fraction of sp³-hybridized carbons (Fsp3) is 0.286. The SMILES string of the molecule is O=C1C(Oc2ccc(C3CC3)cc2)C=CN1c1ccc(OCCO)c(Br)c1. The van der Waals surface area contributed by atoms with Crippen molar-refractivity contribution in [3.63, 3.8) is 0 Å². The van der Waals surface area contributed by atoms with Crippen LogP contribution in [0.1, 0.15) is 24.3 Å². The second kappa shape index (κ2) is 7.74. The molecule has 4 rings (SSSR count). The van der Waals surface area contributed by atoms with Gasteiger partial charge < -0.3 is 14.6 Å². The molecular weight excluding hydrogens is 410 g/mol. The molecule has 1 fully saturated rings. The van der Waals surface area contributed by atoms with Crippen molar-refractivity contribution in [2.75, 3.05) is 18.1 Å². The van der Waals surface area contributed by atoms with Gasteiger partial charge in [0.25, 0.3) is 5.91 Å². The normalized spacial score (nSPS) is 18.8. The maximum atomic E-state index is 12.7. The van der Waals surface area contributed by atoms with Gasteiger partial charge in [-0.2, -0.15) is 0 Å².